The molecule has 2 bridgehead atoms. The van der Waals surface area contributed by atoms with Crippen LogP contribution in [0.5, 0.6) is 0 Å². The van der Waals surface area contributed by atoms with Crippen molar-refractivity contribution < 1.29 is 23.5 Å². The third-order valence-electron chi connectivity index (χ3n) is 9.53. The summed E-state index contributed by atoms with van der Waals surface area (Å²) in [6.07, 6.45) is 6.10. The number of carbonyl (C=O) groups is 2. The van der Waals surface area contributed by atoms with E-state index < -0.39 is 17.5 Å². The highest BCUT2D eigenvalue weighted by Gasteiger charge is 2.49. The Kier molecular flexibility index (Phi) is 6.33. The number of nitrogens with one attached hydrogen (secondary N) is 2. The topological polar surface area (TPSA) is 117 Å². The maximum Gasteiger partial charge on any atom is 0.341 e. The lowest BCUT2D eigenvalue weighted by Gasteiger charge is -2.44. The number of pyridine rings is 1. The van der Waals surface area contributed by atoms with E-state index in [-0.39, 0.29) is 24.3 Å². The van der Waals surface area contributed by atoms with E-state index in [1.165, 1.54) is 12.3 Å². The Bertz CT molecular complexity index is 1400. The Labute approximate surface area is 232 Å². The molecule has 3 saturated heterocycles. The summed E-state index contributed by atoms with van der Waals surface area (Å²) in [6, 6.07) is 8.50. The summed E-state index contributed by atoms with van der Waals surface area (Å²) in [7, 11) is 0. The minimum atomic E-state index is -0.827. The number of fused-ring (bicyclic) bond motifs is 4. The molecule has 2 aromatic rings. The molecule has 0 radical (unpaired) electrons. The molecule has 1 aliphatic carbocycles. The summed E-state index contributed by atoms with van der Waals surface area (Å²) >= 11 is 0. The number of rotatable bonds is 6. The number of piperidine rings is 2. The third kappa shape index (κ3) is 4.37. The summed E-state index contributed by atoms with van der Waals surface area (Å²) in [4.78, 5) is 32.3. The fraction of sp³-hybridized carbons (Fsp3) is 0.533. The monoisotopic (exact) mass is 545 g/mol. The van der Waals surface area contributed by atoms with Crippen molar-refractivity contribution in [1.82, 2.24) is 20.5 Å². The smallest absolute Gasteiger partial charge is 0.341 e. The first-order valence-corrected chi connectivity index (χ1v) is 14.2. The van der Waals surface area contributed by atoms with Crippen molar-refractivity contribution in [2.45, 2.75) is 68.3 Å². The highest BCUT2D eigenvalue weighted by molar-refractivity contribution is 5.95. The molecule has 40 heavy (non-hydrogen) atoms. The van der Waals surface area contributed by atoms with Gasteiger partial charge in [0, 0.05) is 55.7 Å². The fourth-order valence-electron chi connectivity index (χ4n) is 7.13. The molecule has 7 rings (SSSR count). The van der Waals surface area contributed by atoms with Crippen LogP contribution in [-0.2, 0) is 26.3 Å². The van der Waals surface area contributed by atoms with Crippen LogP contribution in [0, 0.1) is 23.1 Å². The van der Waals surface area contributed by atoms with E-state index in [0.29, 0.717) is 53.2 Å². The summed E-state index contributed by atoms with van der Waals surface area (Å²) in [6.45, 7) is 3.13. The van der Waals surface area contributed by atoms with Crippen molar-refractivity contribution in [1.29, 1.82) is 5.26 Å². The van der Waals surface area contributed by atoms with Crippen LogP contribution in [0.3, 0.4) is 0 Å². The predicted octanol–water partition coefficient (Wildman–Crippen LogP) is 2.44. The quantitative estimate of drug-likeness (QED) is 0.532. The number of amides is 1. The zero-order valence-corrected chi connectivity index (χ0v) is 22.2. The molecule has 1 amide bonds. The van der Waals surface area contributed by atoms with E-state index in [4.69, 9.17) is 9.47 Å². The number of hydrogen-bond donors (Lipinski definition) is 2. The SMILES string of the molecule is N#C[C@H](Cc1ccc(-c2cc3c(cn2)C(=O)OC32CCN(C3COC3)CC2)cc1F)NC(=O)C1NC2CCC1C2. The molecule has 2 N–H and O–H groups in total. The van der Waals surface area contributed by atoms with Crippen molar-refractivity contribution in [3.8, 4) is 17.3 Å². The average molecular weight is 546 g/mol. The maximum atomic E-state index is 15.3. The van der Waals surface area contributed by atoms with Gasteiger partial charge in [-0.15, -0.1) is 0 Å². The minimum absolute atomic E-state index is 0.0702. The van der Waals surface area contributed by atoms with Gasteiger partial charge in [-0.1, -0.05) is 12.1 Å². The van der Waals surface area contributed by atoms with Gasteiger partial charge in [-0.25, -0.2) is 9.18 Å². The van der Waals surface area contributed by atoms with Gasteiger partial charge in [-0.3, -0.25) is 14.7 Å². The molecule has 1 saturated carbocycles. The first-order chi connectivity index (χ1) is 19.4. The second-order valence-corrected chi connectivity index (χ2v) is 11.8. The first kappa shape index (κ1) is 25.6. The normalized spacial score (nSPS) is 27.6. The standard InChI is InChI=1S/C30H32FN5O4/c31-25-11-18(2-1-17(25)9-21(13-32)35-28(37)27-19-3-4-20(10-19)34-27)26-12-24-23(14-33-26)29(38)40-30(24)5-7-36(8-6-30)22-15-39-16-22/h1-2,11-12,14,19-22,27,34H,3-10,15-16H2,(H,35,37)/t19?,20?,21-,27?/m0/s1. The molecule has 1 aromatic carbocycles. The molecular weight excluding hydrogens is 513 g/mol. The number of carbonyl (C=O) groups excluding carboxylic acids is 2. The number of esters is 1. The van der Waals surface area contributed by atoms with Crippen molar-refractivity contribution in [3.63, 3.8) is 0 Å². The fourth-order valence-corrected chi connectivity index (χ4v) is 7.13. The third-order valence-corrected chi connectivity index (χ3v) is 9.53. The number of likely N-dealkylation sites (tertiary alicyclic amines) is 1. The van der Waals surface area contributed by atoms with Crippen LogP contribution in [0.15, 0.2) is 30.5 Å². The van der Waals surface area contributed by atoms with E-state index in [0.717, 1.165) is 51.1 Å². The molecule has 5 heterocycles. The molecular formula is C30H32FN5O4. The van der Waals surface area contributed by atoms with Gasteiger partial charge in [0.15, 0.2) is 0 Å². The van der Waals surface area contributed by atoms with E-state index in [1.807, 2.05) is 6.07 Å². The molecule has 1 aromatic heterocycles. The predicted molar refractivity (Wildman–Crippen MR) is 141 cm³/mol. The van der Waals surface area contributed by atoms with E-state index >= 15 is 4.39 Å². The lowest BCUT2D eigenvalue weighted by molar-refractivity contribution is -0.124. The molecule has 3 unspecified atom stereocenters. The molecule has 10 heteroatoms. The number of aromatic nitrogens is 1. The van der Waals surface area contributed by atoms with Crippen LogP contribution >= 0.6 is 0 Å². The number of nitriles is 1. The van der Waals surface area contributed by atoms with Gasteiger partial charge in [0.05, 0.1) is 42.6 Å². The minimum Gasteiger partial charge on any atom is -0.450 e. The number of benzene rings is 1. The van der Waals surface area contributed by atoms with Gasteiger partial charge in [-0.05, 0) is 42.9 Å². The van der Waals surface area contributed by atoms with Gasteiger partial charge in [-0.2, -0.15) is 5.26 Å². The first-order valence-electron chi connectivity index (χ1n) is 14.2. The molecule has 4 fully saturated rings. The van der Waals surface area contributed by atoms with E-state index in [2.05, 4.69) is 26.6 Å². The average Bonchev–Trinajstić information content (AvgIpc) is 3.64. The number of hydrogen-bond acceptors (Lipinski definition) is 8. The van der Waals surface area contributed by atoms with Crippen LogP contribution < -0.4 is 10.6 Å². The Hall–Kier alpha value is -3.39. The number of ether oxygens (including phenoxy) is 2. The Morgan fingerprint density at radius 2 is 2.10 bits per heavy atom. The molecule has 5 aliphatic rings. The largest absolute Gasteiger partial charge is 0.450 e. The molecule has 4 aliphatic heterocycles. The molecule has 1 spiro atoms. The maximum absolute atomic E-state index is 15.3. The van der Waals surface area contributed by atoms with E-state index in [9.17, 15) is 14.9 Å². The lowest BCUT2D eigenvalue weighted by Crippen LogP contribution is -2.54. The Morgan fingerprint density at radius 3 is 2.75 bits per heavy atom. The highest BCUT2D eigenvalue weighted by atomic mass is 19.1. The zero-order valence-electron chi connectivity index (χ0n) is 22.2. The van der Waals surface area contributed by atoms with Crippen molar-refractivity contribution in [2.75, 3.05) is 26.3 Å². The Balaban J connectivity index is 1.06. The summed E-state index contributed by atoms with van der Waals surface area (Å²) in [5.74, 6) is -0.702. The van der Waals surface area contributed by atoms with Gasteiger partial charge >= 0.3 is 5.97 Å². The summed E-state index contributed by atoms with van der Waals surface area (Å²) in [5.41, 5.74) is 2.09. The van der Waals surface area contributed by atoms with Crippen LogP contribution in [0.25, 0.3) is 11.3 Å². The number of nitrogens with zero attached hydrogens (tertiary/aromatic N) is 3. The van der Waals surface area contributed by atoms with Gasteiger partial charge in [0.2, 0.25) is 5.91 Å². The summed E-state index contributed by atoms with van der Waals surface area (Å²) in [5, 5.41) is 15.8. The second kappa shape index (κ2) is 9.91. The van der Waals surface area contributed by atoms with Crippen LogP contribution in [0.2, 0.25) is 0 Å². The van der Waals surface area contributed by atoms with Gasteiger partial charge in [0.1, 0.15) is 17.5 Å². The van der Waals surface area contributed by atoms with Crippen LogP contribution in [0.4, 0.5) is 4.39 Å². The molecule has 4 atom stereocenters. The van der Waals surface area contributed by atoms with Gasteiger partial charge in [0.25, 0.3) is 0 Å². The summed E-state index contributed by atoms with van der Waals surface area (Å²) < 4.78 is 26.5. The van der Waals surface area contributed by atoms with Crippen LogP contribution in [0.1, 0.15) is 53.6 Å². The van der Waals surface area contributed by atoms with Crippen molar-refractivity contribution >= 4 is 11.9 Å². The molecule has 208 valence electrons. The number of halogens is 1. The lowest BCUT2D eigenvalue weighted by atomic mass is 9.83. The zero-order chi connectivity index (χ0) is 27.4. The van der Waals surface area contributed by atoms with Crippen molar-refractivity contribution in [2.24, 2.45) is 5.92 Å². The second-order valence-electron chi connectivity index (χ2n) is 11.8. The Morgan fingerprint density at radius 1 is 1.27 bits per heavy atom. The van der Waals surface area contributed by atoms with E-state index in [1.54, 1.807) is 12.1 Å². The van der Waals surface area contributed by atoms with Crippen LogP contribution in [-0.4, -0.2) is 72.2 Å². The molecule has 9 nitrogen and oxygen atoms in total. The van der Waals surface area contributed by atoms with Gasteiger partial charge < -0.3 is 20.1 Å². The highest BCUT2D eigenvalue weighted by Crippen LogP contribution is 2.45. The van der Waals surface area contributed by atoms with Crippen molar-refractivity contribution in [3.05, 3.63) is 53.0 Å².